The van der Waals surface area contributed by atoms with Crippen LogP contribution >= 0.6 is 0 Å². The van der Waals surface area contributed by atoms with E-state index < -0.39 is 30.4 Å². The minimum Gasteiger partial charge on any atom is -0.497 e. The number of halogens is 4. The molecule has 0 aromatic heterocycles. The maximum atomic E-state index is 14.1. The maximum Gasteiger partial charge on any atom is 0.405 e. The number of methoxy groups -OCH3 is 2. The second kappa shape index (κ2) is 10.0. The summed E-state index contributed by atoms with van der Waals surface area (Å²) in [4.78, 5) is 24.2. The Kier molecular flexibility index (Phi) is 7.67. The lowest BCUT2D eigenvalue weighted by atomic mass is 10.1. The minimum atomic E-state index is -4.60. The average Bonchev–Trinajstić information content (AvgIpc) is 2.71. The number of rotatable bonds is 8. The highest BCUT2D eigenvalue weighted by atomic mass is 19.4. The van der Waals surface area contributed by atoms with Gasteiger partial charge in [0.25, 0.3) is 5.91 Å². The van der Waals surface area contributed by atoms with Crippen LogP contribution < -0.4 is 25.4 Å². The summed E-state index contributed by atoms with van der Waals surface area (Å²) < 4.78 is 61.2. The van der Waals surface area contributed by atoms with Gasteiger partial charge in [0, 0.05) is 40.7 Å². The first kappa shape index (κ1) is 23.8. The summed E-state index contributed by atoms with van der Waals surface area (Å²) in [7, 11) is 2.91. The van der Waals surface area contributed by atoms with E-state index in [0.29, 0.717) is 17.2 Å². The van der Waals surface area contributed by atoms with Crippen LogP contribution in [0.1, 0.15) is 15.9 Å². The predicted octanol–water partition coefficient (Wildman–Crippen LogP) is 3.49. The Bertz CT molecular complexity index is 942. The molecule has 2 amide bonds. The number of ether oxygens (including phenoxy) is 2. The lowest BCUT2D eigenvalue weighted by Crippen LogP contribution is -2.33. The molecule has 0 saturated heterocycles. The Hall–Kier alpha value is -3.50. The molecule has 31 heavy (non-hydrogen) atoms. The smallest absolute Gasteiger partial charge is 0.405 e. The van der Waals surface area contributed by atoms with Crippen molar-refractivity contribution in [3.63, 3.8) is 0 Å². The Balaban J connectivity index is 2.08. The van der Waals surface area contributed by atoms with Gasteiger partial charge in [-0.3, -0.25) is 9.59 Å². The molecule has 2 aromatic carbocycles. The van der Waals surface area contributed by atoms with E-state index in [1.165, 1.54) is 27.2 Å². The second-order valence-corrected chi connectivity index (χ2v) is 6.43. The molecule has 0 bridgehead atoms. The molecule has 0 atom stereocenters. The van der Waals surface area contributed by atoms with Crippen molar-refractivity contribution < 1.29 is 36.6 Å². The number of hydrogen-bond acceptors (Lipinski definition) is 5. The molecular formula is C20H21F4N3O4. The summed E-state index contributed by atoms with van der Waals surface area (Å²) in [6.45, 7) is -0.441. The molecule has 0 saturated carbocycles. The van der Waals surface area contributed by atoms with E-state index >= 15 is 0 Å². The minimum absolute atomic E-state index is 0.0931. The van der Waals surface area contributed by atoms with Gasteiger partial charge >= 0.3 is 6.18 Å². The number of anilines is 2. The molecule has 3 N–H and O–H groups in total. The van der Waals surface area contributed by atoms with Gasteiger partial charge in [-0.05, 0) is 19.1 Å². The van der Waals surface area contributed by atoms with Crippen molar-refractivity contribution in [1.82, 2.24) is 5.32 Å². The zero-order valence-electron chi connectivity index (χ0n) is 16.9. The monoisotopic (exact) mass is 443 g/mol. The third kappa shape index (κ3) is 7.05. The molecule has 0 spiro atoms. The SMILES string of the molecule is COc1cc(NC(=O)CNc2cc(C(=O)NCC(F)(F)F)cc(F)c2C)cc(OC)c1. The third-order valence-electron chi connectivity index (χ3n) is 4.13. The van der Waals surface area contributed by atoms with Crippen molar-refractivity contribution in [2.24, 2.45) is 0 Å². The summed E-state index contributed by atoms with van der Waals surface area (Å²) in [6, 6.07) is 6.75. The molecule has 0 unspecified atom stereocenters. The quantitative estimate of drug-likeness (QED) is 0.544. The molecule has 11 heteroatoms. The molecule has 0 radical (unpaired) electrons. The normalized spacial score (nSPS) is 10.9. The van der Waals surface area contributed by atoms with Gasteiger partial charge in [0.1, 0.15) is 23.9 Å². The van der Waals surface area contributed by atoms with E-state index in [1.54, 1.807) is 23.5 Å². The Morgan fingerprint density at radius 3 is 2.16 bits per heavy atom. The van der Waals surface area contributed by atoms with Crippen molar-refractivity contribution in [2.45, 2.75) is 13.1 Å². The summed E-state index contributed by atoms with van der Waals surface area (Å²) in [6.07, 6.45) is -4.60. The first-order chi connectivity index (χ1) is 14.5. The van der Waals surface area contributed by atoms with Crippen molar-refractivity contribution in [3.8, 4) is 11.5 Å². The van der Waals surface area contributed by atoms with E-state index in [0.717, 1.165) is 6.07 Å². The Morgan fingerprint density at radius 2 is 1.61 bits per heavy atom. The van der Waals surface area contributed by atoms with Gasteiger partial charge in [-0.2, -0.15) is 13.2 Å². The number of carbonyl (C=O) groups is 2. The van der Waals surface area contributed by atoms with E-state index in [9.17, 15) is 27.2 Å². The van der Waals surface area contributed by atoms with Crippen LogP contribution in [0, 0.1) is 12.7 Å². The van der Waals surface area contributed by atoms with Crippen LogP contribution in [0.4, 0.5) is 28.9 Å². The van der Waals surface area contributed by atoms with Gasteiger partial charge in [0.2, 0.25) is 5.91 Å². The largest absolute Gasteiger partial charge is 0.497 e. The van der Waals surface area contributed by atoms with Gasteiger partial charge in [-0.25, -0.2) is 4.39 Å². The van der Waals surface area contributed by atoms with Crippen LogP contribution in [0.5, 0.6) is 11.5 Å². The van der Waals surface area contributed by atoms with Crippen LogP contribution in [0.2, 0.25) is 0 Å². The second-order valence-electron chi connectivity index (χ2n) is 6.43. The van der Waals surface area contributed by atoms with Gasteiger partial charge < -0.3 is 25.4 Å². The highest BCUT2D eigenvalue weighted by molar-refractivity contribution is 5.96. The summed E-state index contributed by atoms with van der Waals surface area (Å²) in [5.74, 6) is -1.48. The molecule has 168 valence electrons. The summed E-state index contributed by atoms with van der Waals surface area (Å²) >= 11 is 0. The lowest BCUT2D eigenvalue weighted by Gasteiger charge is -2.14. The zero-order valence-corrected chi connectivity index (χ0v) is 16.9. The van der Waals surface area contributed by atoms with Crippen molar-refractivity contribution in [3.05, 3.63) is 47.3 Å². The number of benzene rings is 2. The average molecular weight is 443 g/mol. The Labute approximate surface area is 175 Å². The molecule has 0 aliphatic carbocycles. The third-order valence-corrected chi connectivity index (χ3v) is 4.13. The summed E-state index contributed by atoms with van der Waals surface area (Å²) in [5, 5.41) is 6.96. The fourth-order valence-corrected chi connectivity index (χ4v) is 2.54. The zero-order chi connectivity index (χ0) is 23.2. The van der Waals surface area contributed by atoms with Crippen LogP contribution in [0.3, 0.4) is 0 Å². The standard InChI is InChI=1S/C20H21F4N3O4/c1-11-16(21)4-12(19(29)26-10-20(22,23)24)5-17(11)25-9-18(28)27-13-6-14(30-2)8-15(7-13)31-3/h4-8,25H,9-10H2,1-3H3,(H,26,29)(H,27,28). The first-order valence-electron chi connectivity index (χ1n) is 8.94. The van der Waals surface area contributed by atoms with Gasteiger partial charge in [-0.1, -0.05) is 0 Å². The predicted molar refractivity (Wildman–Crippen MR) is 106 cm³/mol. The molecule has 2 rings (SSSR count). The molecule has 0 aliphatic heterocycles. The number of hydrogen-bond donors (Lipinski definition) is 3. The fraction of sp³-hybridized carbons (Fsp3) is 0.300. The number of carbonyl (C=O) groups excluding carboxylic acids is 2. The van der Waals surface area contributed by atoms with Gasteiger partial charge in [0.15, 0.2) is 0 Å². The Morgan fingerprint density at radius 1 is 1.00 bits per heavy atom. The van der Waals surface area contributed by atoms with Crippen molar-refractivity contribution >= 4 is 23.2 Å². The number of amides is 2. The maximum absolute atomic E-state index is 14.1. The van der Waals surface area contributed by atoms with Crippen molar-refractivity contribution in [2.75, 3.05) is 37.9 Å². The molecule has 0 aliphatic rings. The highest BCUT2D eigenvalue weighted by Crippen LogP contribution is 2.26. The van der Waals surface area contributed by atoms with Crippen LogP contribution in [-0.2, 0) is 4.79 Å². The summed E-state index contributed by atoms with van der Waals surface area (Å²) in [5.41, 5.74) is 0.276. The molecule has 0 heterocycles. The number of nitrogens with one attached hydrogen (secondary N) is 3. The van der Waals surface area contributed by atoms with E-state index in [1.807, 2.05) is 0 Å². The first-order valence-corrected chi connectivity index (χ1v) is 8.94. The van der Waals surface area contributed by atoms with Gasteiger partial charge in [0.05, 0.1) is 20.8 Å². The van der Waals surface area contributed by atoms with E-state index in [-0.39, 0.29) is 23.4 Å². The van der Waals surface area contributed by atoms with Crippen LogP contribution in [-0.4, -0.2) is 45.3 Å². The fourth-order valence-electron chi connectivity index (χ4n) is 2.54. The molecular weight excluding hydrogens is 422 g/mol. The lowest BCUT2D eigenvalue weighted by molar-refractivity contribution is -0.123. The van der Waals surface area contributed by atoms with E-state index in [4.69, 9.17) is 9.47 Å². The van der Waals surface area contributed by atoms with E-state index in [2.05, 4.69) is 10.6 Å². The van der Waals surface area contributed by atoms with Crippen molar-refractivity contribution in [1.29, 1.82) is 0 Å². The molecule has 0 fully saturated rings. The topological polar surface area (TPSA) is 88.7 Å². The van der Waals surface area contributed by atoms with Gasteiger partial charge in [-0.15, -0.1) is 0 Å². The van der Waals surface area contributed by atoms with Crippen LogP contribution in [0.25, 0.3) is 0 Å². The molecule has 2 aromatic rings. The van der Waals surface area contributed by atoms with Crippen LogP contribution in [0.15, 0.2) is 30.3 Å². The number of alkyl halides is 3. The highest BCUT2D eigenvalue weighted by Gasteiger charge is 2.28. The molecule has 7 nitrogen and oxygen atoms in total.